The van der Waals surface area contributed by atoms with Crippen LogP contribution < -0.4 is 0 Å². The summed E-state index contributed by atoms with van der Waals surface area (Å²) >= 11 is 0. The van der Waals surface area contributed by atoms with Crippen LogP contribution in [0.5, 0.6) is 0 Å². The number of ketones is 6. The Morgan fingerprint density at radius 2 is 0.917 bits per heavy atom. The third kappa shape index (κ3) is 4.60. The first kappa shape index (κ1) is 32.4. The van der Waals surface area contributed by atoms with Gasteiger partial charge in [0.2, 0.25) is 0 Å². The minimum absolute atomic E-state index is 0.469. The van der Waals surface area contributed by atoms with E-state index in [1.807, 2.05) is 0 Å². The van der Waals surface area contributed by atoms with E-state index < -0.39 is 81.6 Å². The number of ether oxygens (including phenoxy) is 3. The van der Waals surface area contributed by atoms with E-state index in [2.05, 4.69) is 0 Å². The molecule has 0 rings (SSSR count). The molecule has 2 N–H and O–H groups in total. The van der Waals surface area contributed by atoms with Crippen LogP contribution >= 0.6 is 0 Å². The fourth-order valence-corrected chi connectivity index (χ4v) is 4.14. The van der Waals surface area contributed by atoms with Gasteiger partial charge in [-0.3, -0.25) is 43.2 Å². The predicted octanol–water partition coefficient (Wildman–Crippen LogP) is -1.87. The van der Waals surface area contributed by atoms with Gasteiger partial charge in [-0.05, 0) is 27.7 Å². The lowest BCUT2D eigenvalue weighted by molar-refractivity contribution is -0.278. The van der Waals surface area contributed by atoms with Crippen molar-refractivity contribution in [2.75, 3.05) is 6.61 Å². The lowest BCUT2D eigenvalue weighted by atomic mass is 9.56. The van der Waals surface area contributed by atoms with Crippen molar-refractivity contribution >= 4 is 52.6 Å². The molecule has 0 aliphatic carbocycles. The molecule has 36 heavy (non-hydrogen) atoms. The van der Waals surface area contributed by atoms with Gasteiger partial charge in [0.25, 0.3) is 22.6 Å². The molecule has 0 fully saturated rings. The van der Waals surface area contributed by atoms with Crippen molar-refractivity contribution in [2.24, 2.45) is 0 Å². The highest BCUT2D eigenvalue weighted by atomic mass is 16.6. The smallest absolute Gasteiger partial charge is 0.304 e. The SMILES string of the molecule is CC(=O)O[C@@](C(C)=O)(C(=O)C(C)=O)[C@](OC(C)=O)(C(C)=O)[C@](OC(C)=O)(C(C)=O)[C@](O)(CO)C(C)=O. The average molecular weight is 516 g/mol. The Morgan fingerprint density at radius 1 is 0.556 bits per heavy atom. The van der Waals surface area contributed by atoms with Crippen molar-refractivity contribution in [1.82, 2.24) is 0 Å². The van der Waals surface area contributed by atoms with Gasteiger partial charge in [0, 0.05) is 27.7 Å². The summed E-state index contributed by atoms with van der Waals surface area (Å²) in [7, 11) is 0. The highest BCUT2D eigenvalue weighted by Gasteiger charge is 2.86. The maximum atomic E-state index is 13.4. The summed E-state index contributed by atoms with van der Waals surface area (Å²) in [5, 5.41) is 21.4. The summed E-state index contributed by atoms with van der Waals surface area (Å²) in [6.07, 6.45) is 0. The van der Waals surface area contributed by atoms with Crippen molar-refractivity contribution < 1.29 is 67.6 Å². The summed E-state index contributed by atoms with van der Waals surface area (Å²) in [6.45, 7) is 2.54. The van der Waals surface area contributed by atoms with Crippen LogP contribution in [0, 0.1) is 0 Å². The van der Waals surface area contributed by atoms with Crippen LogP contribution in [0.4, 0.5) is 0 Å². The predicted molar refractivity (Wildman–Crippen MR) is 114 cm³/mol. The first-order chi connectivity index (χ1) is 16.2. The molecule has 0 bridgehead atoms. The summed E-state index contributed by atoms with van der Waals surface area (Å²) in [4.78, 5) is 115. The Hall–Kier alpha value is -3.65. The third-order valence-corrected chi connectivity index (χ3v) is 5.40. The lowest BCUT2D eigenvalue weighted by Crippen LogP contribution is -2.88. The number of rotatable bonds is 13. The molecule has 0 radical (unpaired) electrons. The number of hydrogen-bond donors (Lipinski definition) is 2. The van der Waals surface area contributed by atoms with Gasteiger partial charge in [0.1, 0.15) is 0 Å². The molecule has 0 aromatic heterocycles. The van der Waals surface area contributed by atoms with Gasteiger partial charge in [-0.25, -0.2) is 0 Å². The Labute approximate surface area is 205 Å². The van der Waals surface area contributed by atoms with Crippen LogP contribution in [0.2, 0.25) is 0 Å². The third-order valence-electron chi connectivity index (χ3n) is 5.40. The van der Waals surface area contributed by atoms with Crippen molar-refractivity contribution in [2.45, 2.75) is 77.8 Å². The van der Waals surface area contributed by atoms with Gasteiger partial charge in [0.15, 0.2) is 34.5 Å². The molecule has 14 nitrogen and oxygen atoms in total. The van der Waals surface area contributed by atoms with Gasteiger partial charge in [0.05, 0.1) is 6.61 Å². The zero-order valence-electron chi connectivity index (χ0n) is 21.0. The molecule has 0 saturated carbocycles. The molecule has 0 unspecified atom stereocenters. The number of aliphatic hydroxyl groups excluding tert-OH is 1. The first-order valence-electron chi connectivity index (χ1n) is 10.2. The van der Waals surface area contributed by atoms with E-state index in [4.69, 9.17) is 14.2 Å². The van der Waals surface area contributed by atoms with Crippen molar-refractivity contribution in [3.63, 3.8) is 0 Å². The topological polar surface area (TPSA) is 222 Å². The van der Waals surface area contributed by atoms with Crippen LogP contribution in [-0.4, -0.2) is 91.8 Å². The first-order valence-corrected chi connectivity index (χ1v) is 10.2. The van der Waals surface area contributed by atoms with E-state index in [9.17, 15) is 53.4 Å². The van der Waals surface area contributed by atoms with Crippen LogP contribution in [0.25, 0.3) is 0 Å². The molecule has 0 aliphatic rings. The Balaban J connectivity index is 9.07. The highest BCUT2D eigenvalue weighted by Crippen LogP contribution is 2.50. The monoisotopic (exact) mass is 516 g/mol. The number of aliphatic hydroxyl groups is 2. The van der Waals surface area contributed by atoms with Crippen molar-refractivity contribution in [1.29, 1.82) is 0 Å². The second kappa shape index (κ2) is 11.0. The second-order valence-electron chi connectivity index (χ2n) is 7.95. The van der Waals surface area contributed by atoms with Crippen molar-refractivity contribution in [3.8, 4) is 0 Å². The van der Waals surface area contributed by atoms with Crippen LogP contribution in [-0.2, 0) is 57.4 Å². The van der Waals surface area contributed by atoms with Gasteiger partial charge in [-0.2, -0.15) is 0 Å². The van der Waals surface area contributed by atoms with E-state index in [0.29, 0.717) is 55.4 Å². The number of esters is 3. The summed E-state index contributed by atoms with van der Waals surface area (Å²) in [5.74, 6) is -15.1. The largest absolute Gasteiger partial charge is 0.442 e. The number of carbonyl (C=O) groups excluding carboxylic acids is 9. The lowest BCUT2D eigenvalue weighted by Gasteiger charge is -2.55. The minimum Gasteiger partial charge on any atom is -0.442 e. The molecule has 0 aromatic rings. The molecule has 0 amide bonds. The maximum Gasteiger partial charge on any atom is 0.304 e. The molecule has 14 heteroatoms. The standard InChI is InChI=1S/C22H28O14/c1-10(24)18(32)20(12(3)26,34-15(6)29)22(14(5)28,36-17(8)31)21(13(4)27,35-16(7)30)19(33,9-23)11(2)25/h23,33H,9H2,1-8H3/t19-,20-,21-,22+/m0/s1. The average Bonchev–Trinajstić information content (AvgIpc) is 2.71. The number of carbonyl (C=O) groups is 9. The fourth-order valence-electron chi connectivity index (χ4n) is 4.14. The van der Waals surface area contributed by atoms with Crippen LogP contribution in [0.15, 0.2) is 0 Å². The van der Waals surface area contributed by atoms with E-state index in [0.717, 1.165) is 0 Å². The van der Waals surface area contributed by atoms with E-state index in [-0.39, 0.29) is 0 Å². The summed E-state index contributed by atoms with van der Waals surface area (Å²) in [5.41, 5.74) is -15.7. The Morgan fingerprint density at radius 3 is 1.14 bits per heavy atom. The van der Waals surface area contributed by atoms with Gasteiger partial charge >= 0.3 is 17.9 Å². The van der Waals surface area contributed by atoms with Crippen molar-refractivity contribution in [3.05, 3.63) is 0 Å². The second-order valence-corrected chi connectivity index (χ2v) is 7.95. The van der Waals surface area contributed by atoms with E-state index in [1.165, 1.54) is 0 Å². The van der Waals surface area contributed by atoms with Gasteiger partial charge in [-0.1, -0.05) is 0 Å². The summed E-state index contributed by atoms with van der Waals surface area (Å²) in [6, 6.07) is 0. The zero-order valence-corrected chi connectivity index (χ0v) is 21.0. The Kier molecular flexibility index (Phi) is 9.84. The van der Waals surface area contributed by atoms with Crippen LogP contribution in [0.1, 0.15) is 55.4 Å². The van der Waals surface area contributed by atoms with Gasteiger partial charge in [-0.15, -0.1) is 0 Å². The van der Waals surface area contributed by atoms with Gasteiger partial charge < -0.3 is 24.4 Å². The molecule has 200 valence electrons. The number of hydrogen-bond acceptors (Lipinski definition) is 14. The normalized spacial score (nSPS) is 17.5. The molecular weight excluding hydrogens is 488 g/mol. The zero-order chi connectivity index (χ0) is 29.0. The van der Waals surface area contributed by atoms with E-state index in [1.54, 1.807) is 0 Å². The summed E-state index contributed by atoms with van der Waals surface area (Å²) < 4.78 is 14.9. The molecule has 0 spiro atoms. The Bertz CT molecular complexity index is 1040. The molecular formula is C22H28O14. The maximum absolute atomic E-state index is 13.4. The molecule has 4 atom stereocenters. The minimum atomic E-state index is -4.05. The highest BCUT2D eigenvalue weighted by molar-refractivity contribution is 6.46. The quantitative estimate of drug-likeness (QED) is 0.118. The fraction of sp³-hybridized carbons (Fsp3) is 0.591. The molecule has 0 aliphatic heterocycles. The molecule has 0 heterocycles. The molecule has 0 saturated heterocycles. The molecule has 0 aromatic carbocycles. The number of Topliss-reactive ketones (excluding diaryl/α,β-unsaturated/α-hetero) is 6. The van der Waals surface area contributed by atoms with Crippen LogP contribution in [0.3, 0.4) is 0 Å². The van der Waals surface area contributed by atoms with E-state index >= 15 is 0 Å².